The lowest BCUT2D eigenvalue weighted by atomic mass is 10.2. The fraction of sp³-hybridized carbons (Fsp3) is 0.231. The maximum atomic E-state index is 5.69. The number of nitrogen functional groups attached to an aromatic ring is 1. The zero-order valence-corrected chi connectivity index (χ0v) is 10.1. The molecule has 0 spiro atoms. The lowest BCUT2D eigenvalue weighted by Crippen LogP contribution is -2.18. The molecule has 17 heavy (non-hydrogen) atoms. The minimum absolute atomic E-state index is 0.488. The third-order valence-corrected chi connectivity index (χ3v) is 2.67. The predicted molar refractivity (Wildman–Crippen MR) is 70.3 cm³/mol. The van der Waals surface area contributed by atoms with Crippen LogP contribution in [0.2, 0.25) is 0 Å². The summed E-state index contributed by atoms with van der Waals surface area (Å²) in [5, 5.41) is 0. The van der Waals surface area contributed by atoms with Gasteiger partial charge in [0.1, 0.15) is 18.0 Å². The van der Waals surface area contributed by atoms with E-state index in [-0.39, 0.29) is 0 Å². The summed E-state index contributed by atoms with van der Waals surface area (Å²) < 4.78 is 0. The molecular formula is C13H16N4. The van der Waals surface area contributed by atoms with Crippen molar-refractivity contribution in [2.75, 3.05) is 17.2 Å². The Kier molecular flexibility index (Phi) is 3.23. The second-order valence-electron chi connectivity index (χ2n) is 3.83. The van der Waals surface area contributed by atoms with E-state index in [1.54, 1.807) is 6.07 Å². The van der Waals surface area contributed by atoms with E-state index in [0.29, 0.717) is 5.82 Å². The van der Waals surface area contributed by atoms with Crippen molar-refractivity contribution in [1.82, 2.24) is 9.97 Å². The van der Waals surface area contributed by atoms with E-state index in [4.69, 9.17) is 5.73 Å². The van der Waals surface area contributed by atoms with Gasteiger partial charge in [-0.25, -0.2) is 9.97 Å². The molecule has 0 aliphatic heterocycles. The third-order valence-electron chi connectivity index (χ3n) is 2.67. The number of aromatic nitrogens is 2. The highest BCUT2D eigenvalue weighted by Gasteiger charge is 2.10. The molecule has 0 amide bonds. The second-order valence-corrected chi connectivity index (χ2v) is 3.83. The van der Waals surface area contributed by atoms with E-state index in [2.05, 4.69) is 40.8 Å². The smallest absolute Gasteiger partial charge is 0.138 e. The lowest BCUT2D eigenvalue weighted by molar-refractivity contribution is 0.972. The first kappa shape index (κ1) is 11.4. The number of hydrogen-bond donors (Lipinski definition) is 1. The zero-order chi connectivity index (χ0) is 12.3. The van der Waals surface area contributed by atoms with Crippen molar-refractivity contribution in [3.63, 3.8) is 0 Å². The Hall–Kier alpha value is -2.10. The normalized spacial score (nSPS) is 10.2. The van der Waals surface area contributed by atoms with E-state index in [0.717, 1.165) is 18.1 Å². The van der Waals surface area contributed by atoms with E-state index in [1.807, 2.05) is 12.1 Å². The molecule has 0 aliphatic carbocycles. The maximum Gasteiger partial charge on any atom is 0.138 e. The van der Waals surface area contributed by atoms with Crippen LogP contribution in [-0.2, 0) is 0 Å². The van der Waals surface area contributed by atoms with Crippen LogP contribution in [0.1, 0.15) is 12.5 Å². The number of hydrogen-bond acceptors (Lipinski definition) is 4. The average Bonchev–Trinajstić information content (AvgIpc) is 2.33. The van der Waals surface area contributed by atoms with Crippen LogP contribution in [0.25, 0.3) is 0 Å². The van der Waals surface area contributed by atoms with E-state index in [1.165, 1.54) is 11.9 Å². The minimum Gasteiger partial charge on any atom is -0.384 e. The van der Waals surface area contributed by atoms with Gasteiger partial charge in [-0.05, 0) is 25.5 Å². The summed E-state index contributed by atoms with van der Waals surface area (Å²) in [6.07, 6.45) is 1.49. The molecule has 2 N–H and O–H groups in total. The lowest BCUT2D eigenvalue weighted by Gasteiger charge is -2.23. The number of aryl methyl sites for hydroxylation is 1. The van der Waals surface area contributed by atoms with Gasteiger partial charge in [-0.2, -0.15) is 0 Å². The van der Waals surface area contributed by atoms with Crippen molar-refractivity contribution in [2.24, 2.45) is 0 Å². The second kappa shape index (κ2) is 4.82. The summed E-state index contributed by atoms with van der Waals surface area (Å²) in [6, 6.07) is 10.0. The molecular weight excluding hydrogens is 212 g/mol. The minimum atomic E-state index is 0.488. The summed E-state index contributed by atoms with van der Waals surface area (Å²) in [4.78, 5) is 10.3. The van der Waals surface area contributed by atoms with Crippen molar-refractivity contribution in [2.45, 2.75) is 13.8 Å². The van der Waals surface area contributed by atoms with Gasteiger partial charge in [0, 0.05) is 18.3 Å². The molecule has 4 nitrogen and oxygen atoms in total. The molecule has 1 aromatic carbocycles. The molecule has 0 atom stereocenters. The van der Waals surface area contributed by atoms with Gasteiger partial charge in [0.05, 0.1) is 0 Å². The van der Waals surface area contributed by atoms with Crippen LogP contribution in [0.5, 0.6) is 0 Å². The van der Waals surface area contributed by atoms with Gasteiger partial charge < -0.3 is 10.6 Å². The van der Waals surface area contributed by atoms with Gasteiger partial charge in [0.25, 0.3) is 0 Å². The van der Waals surface area contributed by atoms with E-state index >= 15 is 0 Å². The molecule has 2 aromatic rings. The van der Waals surface area contributed by atoms with Gasteiger partial charge in [0.2, 0.25) is 0 Å². The first-order valence-corrected chi connectivity index (χ1v) is 5.63. The summed E-state index contributed by atoms with van der Waals surface area (Å²) >= 11 is 0. The topological polar surface area (TPSA) is 55.0 Å². The summed E-state index contributed by atoms with van der Waals surface area (Å²) in [5.74, 6) is 1.32. The molecule has 0 bridgehead atoms. The highest BCUT2D eigenvalue weighted by Crippen LogP contribution is 2.26. The molecule has 0 radical (unpaired) electrons. The summed E-state index contributed by atoms with van der Waals surface area (Å²) in [7, 11) is 0. The molecule has 1 heterocycles. The van der Waals surface area contributed by atoms with Gasteiger partial charge in [-0.15, -0.1) is 0 Å². The van der Waals surface area contributed by atoms with Crippen molar-refractivity contribution < 1.29 is 0 Å². The summed E-state index contributed by atoms with van der Waals surface area (Å²) in [5.41, 5.74) is 8.05. The quantitative estimate of drug-likeness (QED) is 0.877. The number of anilines is 3. The van der Waals surface area contributed by atoms with Gasteiger partial charge in [-0.3, -0.25) is 0 Å². The highest BCUT2D eigenvalue weighted by molar-refractivity contribution is 5.64. The predicted octanol–water partition coefficient (Wildman–Crippen LogP) is 2.53. The van der Waals surface area contributed by atoms with Crippen molar-refractivity contribution in [1.29, 1.82) is 0 Å². The Morgan fingerprint density at radius 3 is 2.65 bits per heavy atom. The van der Waals surface area contributed by atoms with Crippen LogP contribution in [0.3, 0.4) is 0 Å². The molecule has 0 fully saturated rings. The maximum absolute atomic E-state index is 5.69. The zero-order valence-electron chi connectivity index (χ0n) is 10.1. The largest absolute Gasteiger partial charge is 0.384 e. The number of rotatable bonds is 3. The van der Waals surface area contributed by atoms with Crippen LogP contribution in [-0.4, -0.2) is 16.5 Å². The van der Waals surface area contributed by atoms with Crippen LogP contribution in [0.15, 0.2) is 36.7 Å². The first-order chi connectivity index (χ1) is 8.22. The highest BCUT2D eigenvalue weighted by atomic mass is 15.2. The van der Waals surface area contributed by atoms with E-state index < -0.39 is 0 Å². The average molecular weight is 228 g/mol. The molecule has 4 heteroatoms. The fourth-order valence-electron chi connectivity index (χ4n) is 1.83. The Labute approximate surface area is 101 Å². The first-order valence-electron chi connectivity index (χ1n) is 5.63. The number of benzene rings is 1. The number of para-hydroxylation sites is 1. The van der Waals surface area contributed by atoms with Gasteiger partial charge >= 0.3 is 0 Å². The molecule has 0 unspecified atom stereocenters. The third kappa shape index (κ3) is 2.36. The summed E-state index contributed by atoms with van der Waals surface area (Å²) in [6.45, 7) is 5.01. The molecule has 2 rings (SSSR count). The molecule has 0 aliphatic rings. The number of nitrogens with zero attached hydrogens (tertiary/aromatic N) is 3. The molecule has 88 valence electrons. The van der Waals surface area contributed by atoms with Crippen molar-refractivity contribution in [3.8, 4) is 0 Å². The standard InChI is InChI=1S/C13H16N4/c1-3-17(11-7-5-4-6-10(11)2)13-8-12(14)15-9-16-13/h4-9H,3H2,1-2H3,(H2,14,15,16). The fourth-order valence-corrected chi connectivity index (χ4v) is 1.83. The monoisotopic (exact) mass is 228 g/mol. The SMILES string of the molecule is CCN(c1cc(N)ncn1)c1ccccc1C. The van der Waals surface area contributed by atoms with Gasteiger partial charge in [0.15, 0.2) is 0 Å². The Balaban J connectivity index is 2.44. The van der Waals surface area contributed by atoms with Crippen LogP contribution in [0.4, 0.5) is 17.3 Å². The Morgan fingerprint density at radius 2 is 2.00 bits per heavy atom. The Morgan fingerprint density at radius 1 is 1.24 bits per heavy atom. The van der Waals surface area contributed by atoms with Crippen molar-refractivity contribution >= 4 is 17.3 Å². The molecule has 1 aromatic heterocycles. The van der Waals surface area contributed by atoms with Gasteiger partial charge in [-0.1, -0.05) is 18.2 Å². The van der Waals surface area contributed by atoms with Crippen LogP contribution < -0.4 is 10.6 Å². The molecule has 0 saturated carbocycles. The van der Waals surface area contributed by atoms with Crippen LogP contribution in [0, 0.1) is 6.92 Å². The Bertz CT molecular complexity index is 510. The van der Waals surface area contributed by atoms with E-state index in [9.17, 15) is 0 Å². The van der Waals surface area contributed by atoms with Crippen molar-refractivity contribution in [3.05, 3.63) is 42.2 Å². The number of nitrogens with two attached hydrogens (primary N) is 1. The van der Waals surface area contributed by atoms with Crippen LogP contribution >= 0.6 is 0 Å². The molecule has 0 saturated heterocycles.